The Balaban J connectivity index is 1.44. The Kier molecular flexibility index (Phi) is 4.15. The molecule has 0 aromatic carbocycles. The SMILES string of the molecule is C[C@]12CC[C@H](N=[N+]=[N-])CC1=CCC1C2CC[C@]2(C)C(n3cnc(C#N)c3)=CCC12. The predicted molar refractivity (Wildman–Crippen MR) is 111 cm³/mol. The van der Waals surface area contributed by atoms with E-state index in [1.165, 1.54) is 18.5 Å². The Morgan fingerprint density at radius 2 is 2.03 bits per heavy atom. The lowest BCUT2D eigenvalue weighted by molar-refractivity contribution is -0.0127. The maximum atomic E-state index is 9.16. The summed E-state index contributed by atoms with van der Waals surface area (Å²) < 4.78 is 2.09. The number of azide groups is 1. The number of allylic oxidation sites excluding steroid dienone is 3. The molecule has 0 radical (unpaired) electrons. The van der Waals surface area contributed by atoms with Crippen LogP contribution in [-0.4, -0.2) is 15.6 Å². The van der Waals surface area contributed by atoms with E-state index < -0.39 is 0 Å². The summed E-state index contributed by atoms with van der Waals surface area (Å²) in [6, 6.07) is 2.29. The minimum Gasteiger partial charge on any atom is -0.308 e. The summed E-state index contributed by atoms with van der Waals surface area (Å²) in [7, 11) is 0. The smallest absolute Gasteiger partial charge is 0.158 e. The molecule has 0 aliphatic heterocycles. The van der Waals surface area contributed by atoms with Crippen LogP contribution in [0.5, 0.6) is 0 Å². The first-order valence-corrected chi connectivity index (χ1v) is 10.9. The zero-order chi connectivity index (χ0) is 20.2. The van der Waals surface area contributed by atoms with Crippen LogP contribution in [0.2, 0.25) is 0 Å². The molecule has 2 saturated carbocycles. The average molecular weight is 389 g/mol. The largest absolute Gasteiger partial charge is 0.308 e. The van der Waals surface area contributed by atoms with Crippen molar-refractivity contribution < 1.29 is 0 Å². The topological polar surface area (TPSA) is 90.4 Å². The van der Waals surface area contributed by atoms with Gasteiger partial charge in [-0.25, -0.2) is 4.98 Å². The number of hydrogen-bond donors (Lipinski definition) is 0. The molecule has 0 bridgehead atoms. The molecule has 5 rings (SSSR count). The Labute approximate surface area is 171 Å². The van der Waals surface area contributed by atoms with Crippen molar-refractivity contribution >= 4 is 5.70 Å². The molecule has 150 valence electrons. The van der Waals surface area contributed by atoms with E-state index in [2.05, 4.69) is 51.6 Å². The van der Waals surface area contributed by atoms with Crippen LogP contribution in [0.25, 0.3) is 16.1 Å². The van der Waals surface area contributed by atoms with E-state index in [9.17, 15) is 0 Å². The molecule has 29 heavy (non-hydrogen) atoms. The summed E-state index contributed by atoms with van der Waals surface area (Å²) in [6.45, 7) is 4.90. The van der Waals surface area contributed by atoms with E-state index in [-0.39, 0.29) is 16.9 Å². The standard InChI is InChI=1S/C23H28N6/c1-22-9-7-16(27-28-25)11-15(22)3-4-18-19-5-6-21(23(19,2)10-8-20(18)22)29-13-17(12-24)26-14-29/h3,6,13-14,16,18-20H,4-5,7-11H2,1-2H3/t16-,18?,19?,20?,22-,23-/m0/s1. The van der Waals surface area contributed by atoms with Gasteiger partial charge in [0, 0.05) is 28.3 Å². The van der Waals surface area contributed by atoms with E-state index in [0.717, 1.165) is 38.0 Å². The van der Waals surface area contributed by atoms with Gasteiger partial charge in [-0.1, -0.05) is 36.7 Å². The first-order chi connectivity index (χ1) is 14.0. The number of imidazole rings is 1. The van der Waals surface area contributed by atoms with Crippen LogP contribution in [0.3, 0.4) is 0 Å². The summed E-state index contributed by atoms with van der Waals surface area (Å²) in [5.41, 5.74) is 12.6. The molecule has 4 aliphatic carbocycles. The van der Waals surface area contributed by atoms with E-state index >= 15 is 0 Å². The van der Waals surface area contributed by atoms with Crippen molar-refractivity contribution in [2.24, 2.45) is 33.7 Å². The first-order valence-electron chi connectivity index (χ1n) is 10.9. The minimum atomic E-state index is 0.139. The van der Waals surface area contributed by atoms with Crippen LogP contribution in [0.4, 0.5) is 0 Å². The molecular formula is C23H28N6. The van der Waals surface area contributed by atoms with Gasteiger partial charge in [0.1, 0.15) is 12.4 Å². The van der Waals surface area contributed by atoms with Crippen molar-refractivity contribution in [3.8, 4) is 6.07 Å². The van der Waals surface area contributed by atoms with Gasteiger partial charge < -0.3 is 4.57 Å². The first kappa shape index (κ1) is 18.5. The molecule has 0 saturated heterocycles. The van der Waals surface area contributed by atoms with Crippen molar-refractivity contribution in [3.05, 3.63) is 46.4 Å². The molecule has 1 aromatic rings. The van der Waals surface area contributed by atoms with Crippen molar-refractivity contribution in [1.82, 2.24) is 9.55 Å². The van der Waals surface area contributed by atoms with E-state index in [1.54, 1.807) is 11.9 Å². The molecule has 1 aromatic heterocycles. The molecule has 6 heteroatoms. The highest BCUT2D eigenvalue weighted by atomic mass is 15.1. The summed E-state index contributed by atoms with van der Waals surface area (Å²) in [6.07, 6.45) is 16.4. The number of nitriles is 1. The predicted octanol–water partition coefficient (Wildman–Crippen LogP) is 5.85. The third-order valence-electron chi connectivity index (χ3n) is 8.81. The molecule has 4 aliphatic rings. The normalized spacial score (nSPS) is 40.4. The number of fused-ring (bicyclic) bond motifs is 5. The minimum absolute atomic E-state index is 0.139. The van der Waals surface area contributed by atoms with Crippen molar-refractivity contribution in [3.63, 3.8) is 0 Å². The van der Waals surface area contributed by atoms with Gasteiger partial charge in [-0.2, -0.15) is 5.26 Å². The van der Waals surface area contributed by atoms with Gasteiger partial charge in [-0.15, -0.1) is 0 Å². The van der Waals surface area contributed by atoms with Crippen LogP contribution < -0.4 is 0 Å². The van der Waals surface area contributed by atoms with Crippen molar-refractivity contribution in [2.45, 2.75) is 64.8 Å². The van der Waals surface area contributed by atoms with E-state index in [0.29, 0.717) is 17.5 Å². The fourth-order valence-corrected chi connectivity index (χ4v) is 7.27. The van der Waals surface area contributed by atoms with Crippen LogP contribution in [0, 0.1) is 39.9 Å². The average Bonchev–Trinajstić information content (AvgIpc) is 3.32. The Morgan fingerprint density at radius 1 is 1.21 bits per heavy atom. The van der Waals surface area contributed by atoms with Crippen LogP contribution >= 0.6 is 0 Å². The number of rotatable bonds is 2. The quantitative estimate of drug-likeness (QED) is 0.275. The number of aromatic nitrogens is 2. The number of nitrogens with zero attached hydrogens (tertiary/aromatic N) is 6. The molecule has 0 amide bonds. The molecule has 6 nitrogen and oxygen atoms in total. The molecule has 0 spiro atoms. The second kappa shape index (κ2) is 6.50. The molecule has 2 fully saturated rings. The lowest BCUT2D eigenvalue weighted by atomic mass is 9.47. The Bertz CT molecular complexity index is 989. The maximum absolute atomic E-state index is 9.16. The molecule has 6 atom stereocenters. The van der Waals surface area contributed by atoms with Gasteiger partial charge in [-0.3, -0.25) is 0 Å². The maximum Gasteiger partial charge on any atom is 0.158 e. The molecule has 1 heterocycles. The molecule has 3 unspecified atom stereocenters. The second-order valence-electron chi connectivity index (χ2n) is 9.92. The van der Waals surface area contributed by atoms with Crippen LogP contribution in [0.1, 0.15) is 64.5 Å². The van der Waals surface area contributed by atoms with E-state index in [4.69, 9.17) is 10.8 Å². The van der Waals surface area contributed by atoms with Crippen LogP contribution in [0.15, 0.2) is 35.4 Å². The second-order valence-corrected chi connectivity index (χ2v) is 9.92. The fraction of sp³-hybridized carbons (Fsp3) is 0.652. The monoisotopic (exact) mass is 388 g/mol. The lowest BCUT2D eigenvalue weighted by Gasteiger charge is -2.57. The Morgan fingerprint density at radius 3 is 2.79 bits per heavy atom. The van der Waals surface area contributed by atoms with Gasteiger partial charge in [0.25, 0.3) is 0 Å². The highest BCUT2D eigenvalue weighted by Gasteiger charge is 2.57. The van der Waals surface area contributed by atoms with Crippen molar-refractivity contribution in [1.29, 1.82) is 5.26 Å². The summed E-state index contributed by atoms with van der Waals surface area (Å²) >= 11 is 0. The zero-order valence-electron chi connectivity index (χ0n) is 17.3. The highest BCUT2D eigenvalue weighted by Crippen LogP contribution is 2.65. The third-order valence-corrected chi connectivity index (χ3v) is 8.81. The van der Waals surface area contributed by atoms with Gasteiger partial charge in [0.2, 0.25) is 0 Å². The summed E-state index contributed by atoms with van der Waals surface area (Å²) in [5.74, 6) is 2.07. The third kappa shape index (κ3) is 2.60. The van der Waals surface area contributed by atoms with E-state index in [1.807, 2.05) is 6.20 Å². The zero-order valence-corrected chi connectivity index (χ0v) is 17.3. The summed E-state index contributed by atoms with van der Waals surface area (Å²) in [4.78, 5) is 7.30. The van der Waals surface area contributed by atoms with Crippen LogP contribution in [-0.2, 0) is 0 Å². The summed E-state index contributed by atoms with van der Waals surface area (Å²) in [5, 5.41) is 13.2. The van der Waals surface area contributed by atoms with Gasteiger partial charge >= 0.3 is 0 Å². The van der Waals surface area contributed by atoms with Gasteiger partial charge in [-0.05, 0) is 73.6 Å². The van der Waals surface area contributed by atoms with Crippen molar-refractivity contribution in [2.75, 3.05) is 0 Å². The van der Waals surface area contributed by atoms with Gasteiger partial charge in [0.15, 0.2) is 5.69 Å². The molecule has 0 N–H and O–H groups in total. The molecular weight excluding hydrogens is 360 g/mol. The van der Waals surface area contributed by atoms with Gasteiger partial charge in [0.05, 0.1) is 0 Å². The Hall–Kier alpha value is -2.51. The number of hydrogen-bond acceptors (Lipinski definition) is 3. The lowest BCUT2D eigenvalue weighted by Crippen LogP contribution is -2.49. The fourth-order valence-electron chi connectivity index (χ4n) is 7.27. The highest BCUT2D eigenvalue weighted by molar-refractivity contribution is 5.57.